The van der Waals surface area contributed by atoms with Crippen LogP contribution in [-0.4, -0.2) is 48.0 Å². The van der Waals surface area contributed by atoms with Crippen molar-refractivity contribution < 1.29 is 23.8 Å². The van der Waals surface area contributed by atoms with E-state index in [1.54, 1.807) is 45.2 Å². The largest absolute Gasteiger partial charge is 0.497 e. The molecule has 0 N–H and O–H groups in total. The monoisotopic (exact) mass is 423 g/mol. The molecule has 2 aromatic carbocycles. The quantitative estimate of drug-likeness (QED) is 0.738. The van der Waals surface area contributed by atoms with Gasteiger partial charge in [0.1, 0.15) is 22.8 Å². The van der Waals surface area contributed by atoms with Gasteiger partial charge in [0.25, 0.3) is 5.91 Å². The van der Waals surface area contributed by atoms with Gasteiger partial charge in [0.05, 0.1) is 19.1 Å². The van der Waals surface area contributed by atoms with Crippen molar-refractivity contribution in [3.63, 3.8) is 0 Å². The van der Waals surface area contributed by atoms with Crippen molar-refractivity contribution in [2.24, 2.45) is 0 Å². The van der Waals surface area contributed by atoms with E-state index in [2.05, 4.69) is 0 Å². The number of carbonyl (C=O) groups excluding carboxylic acids is 2. The predicted molar refractivity (Wildman–Crippen MR) is 117 cm³/mol. The SMILES string of the molecule is COc1ccc(OC(C)(C)C(=O)N2CCC3(CC2)CC(=O)c2cc(C)ccc2O3)cc1. The van der Waals surface area contributed by atoms with Crippen molar-refractivity contribution >= 4 is 11.7 Å². The number of rotatable bonds is 4. The van der Waals surface area contributed by atoms with Gasteiger partial charge in [-0.05, 0) is 57.2 Å². The summed E-state index contributed by atoms with van der Waals surface area (Å²) in [6.07, 6.45) is 1.60. The summed E-state index contributed by atoms with van der Waals surface area (Å²) in [5.41, 5.74) is 0.174. The van der Waals surface area contributed by atoms with Gasteiger partial charge in [0, 0.05) is 25.9 Å². The number of nitrogens with zero attached hydrogens (tertiary/aromatic N) is 1. The normalized spacial score (nSPS) is 17.7. The summed E-state index contributed by atoms with van der Waals surface area (Å²) in [6, 6.07) is 12.9. The van der Waals surface area contributed by atoms with Crippen LogP contribution in [0.5, 0.6) is 17.2 Å². The van der Waals surface area contributed by atoms with Gasteiger partial charge in [-0.25, -0.2) is 0 Å². The fraction of sp³-hybridized carbons (Fsp3) is 0.440. The number of aryl methyl sites for hydroxylation is 1. The smallest absolute Gasteiger partial charge is 0.266 e. The first kappa shape index (κ1) is 21.2. The maximum atomic E-state index is 13.2. The predicted octanol–water partition coefficient (Wildman–Crippen LogP) is 4.19. The first-order valence-electron chi connectivity index (χ1n) is 10.7. The van der Waals surface area contributed by atoms with Gasteiger partial charge in [-0.15, -0.1) is 0 Å². The zero-order valence-corrected chi connectivity index (χ0v) is 18.6. The second kappa shape index (κ2) is 7.91. The summed E-state index contributed by atoms with van der Waals surface area (Å²) >= 11 is 0. The molecule has 0 bridgehead atoms. The van der Waals surface area contributed by atoms with E-state index in [1.165, 1.54) is 0 Å². The van der Waals surface area contributed by atoms with E-state index >= 15 is 0 Å². The van der Waals surface area contributed by atoms with Crippen LogP contribution in [0.4, 0.5) is 0 Å². The molecule has 164 valence electrons. The van der Waals surface area contributed by atoms with E-state index < -0.39 is 11.2 Å². The van der Waals surface area contributed by atoms with Crippen LogP contribution in [0.2, 0.25) is 0 Å². The average molecular weight is 424 g/mol. The number of methoxy groups -OCH3 is 1. The molecular weight excluding hydrogens is 394 g/mol. The molecule has 6 nitrogen and oxygen atoms in total. The van der Waals surface area contributed by atoms with Crippen molar-refractivity contribution in [2.45, 2.75) is 51.2 Å². The van der Waals surface area contributed by atoms with Crippen LogP contribution < -0.4 is 14.2 Å². The lowest BCUT2D eigenvalue weighted by Gasteiger charge is -2.45. The maximum Gasteiger partial charge on any atom is 0.266 e. The number of ketones is 1. The van der Waals surface area contributed by atoms with Gasteiger partial charge in [-0.1, -0.05) is 11.6 Å². The molecular formula is C25H29NO5. The lowest BCUT2D eigenvalue weighted by Crippen LogP contribution is -2.56. The van der Waals surface area contributed by atoms with E-state index in [0.717, 1.165) is 11.3 Å². The van der Waals surface area contributed by atoms with Crippen LogP contribution >= 0.6 is 0 Å². The molecule has 2 aliphatic heterocycles. The third-order valence-corrected chi connectivity index (χ3v) is 6.15. The van der Waals surface area contributed by atoms with Crippen LogP contribution in [0.25, 0.3) is 0 Å². The van der Waals surface area contributed by atoms with Crippen molar-refractivity contribution in [2.75, 3.05) is 20.2 Å². The van der Waals surface area contributed by atoms with Gasteiger partial charge in [-0.2, -0.15) is 0 Å². The Labute approximate surface area is 183 Å². The van der Waals surface area contributed by atoms with E-state index in [4.69, 9.17) is 14.2 Å². The van der Waals surface area contributed by atoms with Crippen molar-refractivity contribution in [1.82, 2.24) is 4.90 Å². The Hall–Kier alpha value is -3.02. The number of Topliss-reactive ketones (excluding diaryl/α,β-unsaturated/α-hetero) is 1. The van der Waals surface area contributed by atoms with E-state index in [9.17, 15) is 9.59 Å². The number of benzene rings is 2. The molecule has 0 atom stereocenters. The van der Waals surface area contributed by atoms with Crippen LogP contribution in [0, 0.1) is 6.92 Å². The van der Waals surface area contributed by atoms with E-state index in [-0.39, 0.29) is 11.7 Å². The fourth-order valence-electron chi connectivity index (χ4n) is 4.37. The molecule has 0 saturated carbocycles. The molecule has 31 heavy (non-hydrogen) atoms. The molecule has 2 aromatic rings. The second-order valence-electron chi connectivity index (χ2n) is 8.96. The zero-order chi connectivity index (χ0) is 22.2. The molecule has 0 aliphatic carbocycles. The number of fused-ring (bicyclic) bond motifs is 1. The van der Waals surface area contributed by atoms with E-state index in [0.29, 0.717) is 49.4 Å². The lowest BCUT2D eigenvalue weighted by atomic mass is 9.82. The second-order valence-corrected chi connectivity index (χ2v) is 8.96. The summed E-state index contributed by atoms with van der Waals surface area (Å²) in [6.45, 7) is 6.59. The molecule has 1 spiro atoms. The number of ether oxygens (including phenoxy) is 3. The highest BCUT2D eigenvalue weighted by Gasteiger charge is 2.45. The van der Waals surface area contributed by atoms with Crippen LogP contribution in [-0.2, 0) is 4.79 Å². The minimum Gasteiger partial charge on any atom is -0.497 e. The minimum absolute atomic E-state index is 0.0728. The molecule has 1 fully saturated rings. The van der Waals surface area contributed by atoms with Gasteiger partial charge in [0.15, 0.2) is 11.4 Å². The summed E-state index contributed by atoms with van der Waals surface area (Å²) in [4.78, 5) is 27.7. The highest BCUT2D eigenvalue weighted by molar-refractivity contribution is 6.00. The number of hydrogen-bond acceptors (Lipinski definition) is 5. The Bertz CT molecular complexity index is 987. The topological polar surface area (TPSA) is 65.1 Å². The molecule has 1 saturated heterocycles. The fourth-order valence-corrected chi connectivity index (χ4v) is 4.37. The molecule has 0 aromatic heterocycles. The van der Waals surface area contributed by atoms with Crippen LogP contribution in [0.15, 0.2) is 42.5 Å². The Morgan fingerprint density at radius 3 is 2.35 bits per heavy atom. The average Bonchev–Trinajstić information content (AvgIpc) is 2.75. The summed E-state index contributed by atoms with van der Waals surface area (Å²) < 4.78 is 17.5. The molecule has 1 amide bonds. The summed E-state index contributed by atoms with van der Waals surface area (Å²) in [5, 5.41) is 0. The number of piperidine rings is 1. The van der Waals surface area contributed by atoms with Crippen LogP contribution in [0.3, 0.4) is 0 Å². The minimum atomic E-state index is -1.01. The Morgan fingerprint density at radius 1 is 1.06 bits per heavy atom. The zero-order valence-electron chi connectivity index (χ0n) is 18.6. The van der Waals surface area contributed by atoms with Crippen molar-refractivity contribution in [1.29, 1.82) is 0 Å². The van der Waals surface area contributed by atoms with Gasteiger partial charge < -0.3 is 19.1 Å². The van der Waals surface area contributed by atoms with Gasteiger partial charge in [0.2, 0.25) is 0 Å². The number of amides is 1. The Balaban J connectivity index is 1.41. The number of hydrogen-bond donors (Lipinski definition) is 0. The summed E-state index contributed by atoms with van der Waals surface area (Å²) in [5.74, 6) is 2.05. The van der Waals surface area contributed by atoms with Crippen molar-refractivity contribution in [3.05, 3.63) is 53.6 Å². The third kappa shape index (κ3) is 4.24. The first-order chi connectivity index (χ1) is 14.7. The van der Waals surface area contributed by atoms with Gasteiger partial charge in [-0.3, -0.25) is 9.59 Å². The maximum absolute atomic E-state index is 13.2. The van der Waals surface area contributed by atoms with Gasteiger partial charge >= 0.3 is 0 Å². The molecule has 2 heterocycles. The number of likely N-dealkylation sites (tertiary alicyclic amines) is 1. The number of carbonyl (C=O) groups is 2. The molecule has 0 unspecified atom stereocenters. The molecule has 0 radical (unpaired) electrons. The summed E-state index contributed by atoms with van der Waals surface area (Å²) in [7, 11) is 1.61. The molecule has 2 aliphatic rings. The highest BCUT2D eigenvalue weighted by Crippen LogP contribution is 2.40. The van der Waals surface area contributed by atoms with E-state index in [1.807, 2.05) is 30.0 Å². The first-order valence-corrected chi connectivity index (χ1v) is 10.7. The van der Waals surface area contributed by atoms with Crippen LogP contribution in [0.1, 0.15) is 49.0 Å². The standard InChI is InChI=1S/C25H29NO5/c1-17-5-10-22-20(15-17)21(27)16-25(31-22)11-13-26(14-12-25)23(28)24(2,3)30-19-8-6-18(29-4)7-9-19/h5-10,15H,11-14,16H2,1-4H3. The Kier molecular flexibility index (Phi) is 5.42. The third-order valence-electron chi connectivity index (χ3n) is 6.15. The Morgan fingerprint density at radius 2 is 1.71 bits per heavy atom. The highest BCUT2D eigenvalue weighted by atomic mass is 16.5. The van der Waals surface area contributed by atoms with Crippen molar-refractivity contribution in [3.8, 4) is 17.2 Å². The molecule has 6 heteroatoms. The molecule has 4 rings (SSSR count). The lowest BCUT2D eigenvalue weighted by molar-refractivity contribution is -0.149.